The van der Waals surface area contributed by atoms with E-state index >= 15 is 0 Å². The Kier molecular flexibility index (Phi) is 5.68. The van der Waals surface area contributed by atoms with E-state index in [-0.39, 0.29) is 17.0 Å². The highest BCUT2D eigenvalue weighted by molar-refractivity contribution is 6.32. The first-order valence-electron chi connectivity index (χ1n) is 8.84. The minimum atomic E-state index is -1.12. The highest BCUT2D eigenvalue weighted by Crippen LogP contribution is 2.27. The fourth-order valence-electron chi connectivity index (χ4n) is 2.89. The Morgan fingerprint density at radius 2 is 1.93 bits per heavy atom. The topological polar surface area (TPSA) is 125 Å². The van der Waals surface area contributed by atoms with Crippen LogP contribution in [0.3, 0.4) is 0 Å². The molecule has 0 saturated heterocycles. The van der Waals surface area contributed by atoms with E-state index in [1.54, 1.807) is 0 Å². The van der Waals surface area contributed by atoms with Crippen molar-refractivity contribution in [1.29, 1.82) is 0 Å². The quantitative estimate of drug-likeness (QED) is 0.421. The van der Waals surface area contributed by atoms with E-state index in [1.807, 2.05) is 31.2 Å². The molecule has 9 heteroatoms. The number of aliphatic carboxylic acids is 1. The molecule has 29 heavy (non-hydrogen) atoms. The average molecular weight is 394 g/mol. The molecule has 0 aliphatic carbocycles. The number of para-hydroxylation sites is 1. The van der Waals surface area contributed by atoms with Gasteiger partial charge in [0.1, 0.15) is 0 Å². The van der Waals surface area contributed by atoms with Crippen LogP contribution in [0, 0.1) is 10.1 Å². The molecule has 0 aromatic heterocycles. The first kappa shape index (κ1) is 19.7. The molecule has 1 heterocycles. The number of hydrazone groups is 1. The lowest BCUT2D eigenvalue weighted by atomic mass is 10.1. The van der Waals surface area contributed by atoms with Gasteiger partial charge in [-0.3, -0.25) is 19.7 Å². The maximum absolute atomic E-state index is 12.9. The summed E-state index contributed by atoms with van der Waals surface area (Å²) in [5.41, 5.74) is 2.25. The van der Waals surface area contributed by atoms with Gasteiger partial charge in [-0.25, -0.2) is 0 Å². The van der Waals surface area contributed by atoms with Crippen molar-refractivity contribution >= 4 is 34.7 Å². The smallest absolute Gasteiger partial charge is 0.309 e. The summed E-state index contributed by atoms with van der Waals surface area (Å²) in [6.07, 6.45) is 1.80. The molecule has 3 rings (SSSR count). The number of nitrogens with zero attached hydrogens (tertiary/aromatic N) is 3. The molecular formula is C20H18N4O5. The van der Waals surface area contributed by atoms with E-state index in [2.05, 4.69) is 10.4 Å². The molecule has 0 unspecified atom stereocenters. The third-order valence-corrected chi connectivity index (χ3v) is 4.35. The maximum Gasteiger partial charge on any atom is 0.309 e. The lowest BCUT2D eigenvalue weighted by molar-refractivity contribution is -0.384. The molecule has 148 valence electrons. The Labute approximate surface area is 166 Å². The second kappa shape index (κ2) is 8.34. The number of rotatable bonds is 7. The molecule has 2 aromatic carbocycles. The average Bonchev–Trinajstić information content (AvgIpc) is 3.01. The van der Waals surface area contributed by atoms with Gasteiger partial charge >= 0.3 is 5.97 Å². The standard InChI is InChI=1S/C20H18N4O5/c1-2-13-5-3-4-6-17(13)21-12-16-18(11-19(25)26)22-23(20(16)27)14-7-9-15(10-8-14)24(28)29/h3-10,12,21H,2,11H2,1H3,(H,25,26)/b16-12+. The second-order valence-electron chi connectivity index (χ2n) is 6.22. The van der Waals surface area contributed by atoms with Crippen LogP contribution in [0.2, 0.25) is 0 Å². The van der Waals surface area contributed by atoms with E-state index in [4.69, 9.17) is 5.11 Å². The maximum atomic E-state index is 12.9. The lowest BCUT2D eigenvalue weighted by Crippen LogP contribution is -2.22. The van der Waals surface area contributed by atoms with Gasteiger partial charge in [-0.2, -0.15) is 10.1 Å². The van der Waals surface area contributed by atoms with Crippen molar-refractivity contribution < 1.29 is 19.6 Å². The zero-order chi connectivity index (χ0) is 21.0. The van der Waals surface area contributed by atoms with Crippen LogP contribution in [0.25, 0.3) is 0 Å². The lowest BCUT2D eigenvalue weighted by Gasteiger charge is -2.11. The van der Waals surface area contributed by atoms with Gasteiger partial charge in [0, 0.05) is 24.0 Å². The Balaban J connectivity index is 1.92. The Bertz CT molecular complexity index is 1030. The number of carboxylic acids is 1. The summed E-state index contributed by atoms with van der Waals surface area (Å²) in [5.74, 6) is -1.64. The van der Waals surface area contributed by atoms with Crippen LogP contribution in [-0.2, 0) is 16.0 Å². The number of nitro benzene ring substituents is 1. The molecule has 9 nitrogen and oxygen atoms in total. The van der Waals surface area contributed by atoms with Gasteiger partial charge in [0.05, 0.1) is 28.3 Å². The number of amides is 1. The van der Waals surface area contributed by atoms with Crippen molar-refractivity contribution in [3.63, 3.8) is 0 Å². The molecule has 0 fully saturated rings. The number of anilines is 2. The highest BCUT2D eigenvalue weighted by atomic mass is 16.6. The van der Waals surface area contributed by atoms with Crippen LogP contribution in [0.5, 0.6) is 0 Å². The third kappa shape index (κ3) is 4.29. The fraction of sp³-hybridized carbons (Fsp3) is 0.150. The van der Waals surface area contributed by atoms with Gasteiger partial charge in [-0.05, 0) is 30.2 Å². The minimum absolute atomic E-state index is 0.0994. The summed E-state index contributed by atoms with van der Waals surface area (Å²) in [7, 11) is 0. The van der Waals surface area contributed by atoms with E-state index in [9.17, 15) is 19.7 Å². The van der Waals surface area contributed by atoms with Crippen molar-refractivity contribution in [3.05, 3.63) is 76.0 Å². The molecule has 0 spiro atoms. The molecule has 0 atom stereocenters. The monoisotopic (exact) mass is 394 g/mol. The van der Waals surface area contributed by atoms with Crippen molar-refractivity contribution in [2.24, 2.45) is 5.10 Å². The van der Waals surface area contributed by atoms with Crippen molar-refractivity contribution in [2.45, 2.75) is 19.8 Å². The molecule has 1 amide bonds. The van der Waals surface area contributed by atoms with Gasteiger partial charge in [0.2, 0.25) is 0 Å². The first-order valence-corrected chi connectivity index (χ1v) is 8.84. The van der Waals surface area contributed by atoms with E-state index in [0.717, 1.165) is 22.7 Å². The van der Waals surface area contributed by atoms with Crippen LogP contribution < -0.4 is 10.3 Å². The number of nitro groups is 1. The largest absolute Gasteiger partial charge is 0.481 e. The third-order valence-electron chi connectivity index (χ3n) is 4.35. The summed E-state index contributed by atoms with van der Waals surface area (Å²) >= 11 is 0. The molecular weight excluding hydrogens is 376 g/mol. The zero-order valence-corrected chi connectivity index (χ0v) is 15.5. The number of benzene rings is 2. The van der Waals surface area contributed by atoms with Crippen LogP contribution in [0.1, 0.15) is 18.9 Å². The molecule has 2 aromatic rings. The van der Waals surface area contributed by atoms with Crippen molar-refractivity contribution in [2.75, 3.05) is 10.3 Å². The van der Waals surface area contributed by atoms with Crippen LogP contribution >= 0.6 is 0 Å². The summed E-state index contributed by atoms with van der Waals surface area (Å²) in [6, 6.07) is 12.9. The number of carbonyl (C=O) groups is 2. The number of hydrogen-bond acceptors (Lipinski definition) is 6. The molecule has 2 N–H and O–H groups in total. The van der Waals surface area contributed by atoms with Gasteiger partial charge in [0.25, 0.3) is 11.6 Å². The van der Waals surface area contributed by atoms with Gasteiger partial charge in [-0.1, -0.05) is 25.1 Å². The number of carboxylic acid groups (broad SMARTS) is 1. The van der Waals surface area contributed by atoms with E-state index < -0.39 is 23.2 Å². The van der Waals surface area contributed by atoms with Crippen molar-refractivity contribution in [3.8, 4) is 0 Å². The van der Waals surface area contributed by atoms with Crippen LogP contribution in [0.4, 0.5) is 17.1 Å². The highest BCUT2D eigenvalue weighted by Gasteiger charge is 2.32. The predicted molar refractivity (Wildman–Crippen MR) is 108 cm³/mol. The number of carbonyl (C=O) groups excluding carboxylic acids is 1. The molecule has 1 aliphatic heterocycles. The predicted octanol–water partition coefficient (Wildman–Crippen LogP) is 3.33. The Morgan fingerprint density at radius 3 is 2.55 bits per heavy atom. The van der Waals surface area contributed by atoms with E-state index in [0.29, 0.717) is 5.69 Å². The Hall–Kier alpha value is -4.01. The SMILES string of the molecule is CCc1ccccc1N/C=C1/C(=O)N(c2ccc([N+](=O)[O-])cc2)N=C1CC(=O)O. The first-order chi connectivity index (χ1) is 13.9. The van der Waals surface area contributed by atoms with Crippen molar-refractivity contribution in [1.82, 2.24) is 0 Å². The van der Waals surface area contributed by atoms with Crippen LogP contribution in [0.15, 0.2) is 65.4 Å². The summed E-state index contributed by atoms with van der Waals surface area (Å²) in [5, 5.41) is 28.2. The van der Waals surface area contributed by atoms with Gasteiger partial charge < -0.3 is 10.4 Å². The Morgan fingerprint density at radius 1 is 1.24 bits per heavy atom. The summed E-state index contributed by atoms with van der Waals surface area (Å²) < 4.78 is 0. The number of nitrogens with one attached hydrogen (secondary N) is 1. The summed E-state index contributed by atoms with van der Waals surface area (Å²) in [6.45, 7) is 2.00. The number of non-ortho nitro benzene ring substituents is 1. The minimum Gasteiger partial charge on any atom is -0.481 e. The van der Waals surface area contributed by atoms with Gasteiger partial charge in [-0.15, -0.1) is 0 Å². The fourth-order valence-corrected chi connectivity index (χ4v) is 2.89. The summed E-state index contributed by atoms with van der Waals surface area (Å²) in [4.78, 5) is 34.3. The number of aryl methyl sites for hydroxylation is 1. The zero-order valence-electron chi connectivity index (χ0n) is 15.5. The van der Waals surface area contributed by atoms with E-state index in [1.165, 1.54) is 30.5 Å². The van der Waals surface area contributed by atoms with Crippen LogP contribution in [-0.4, -0.2) is 27.6 Å². The second-order valence-corrected chi connectivity index (χ2v) is 6.22. The van der Waals surface area contributed by atoms with Gasteiger partial charge in [0.15, 0.2) is 0 Å². The molecule has 0 radical (unpaired) electrons. The molecule has 0 bridgehead atoms. The molecule has 0 saturated carbocycles. The normalized spacial score (nSPS) is 14.8. The molecule has 1 aliphatic rings. The number of hydrogen-bond donors (Lipinski definition) is 2.